The molecule has 118 valence electrons. The molecule has 3 heteroatoms. The van der Waals surface area contributed by atoms with E-state index in [4.69, 9.17) is 4.74 Å². The van der Waals surface area contributed by atoms with Crippen LogP contribution < -0.4 is 4.74 Å². The third-order valence-electron chi connectivity index (χ3n) is 4.42. The number of aliphatic carboxylic acids is 1. The van der Waals surface area contributed by atoms with Gasteiger partial charge >= 0.3 is 5.97 Å². The average molecular weight is 292 g/mol. The van der Waals surface area contributed by atoms with Crippen LogP contribution in [0.25, 0.3) is 0 Å². The van der Waals surface area contributed by atoms with Crippen molar-refractivity contribution in [3.8, 4) is 5.75 Å². The van der Waals surface area contributed by atoms with Gasteiger partial charge in [-0.15, -0.1) is 0 Å². The number of hydrogen-bond donors (Lipinski definition) is 1. The predicted molar refractivity (Wildman–Crippen MR) is 85.9 cm³/mol. The minimum Gasteiger partial charge on any atom is -0.494 e. The number of carboxylic acids is 1. The van der Waals surface area contributed by atoms with E-state index in [-0.39, 0.29) is 0 Å². The van der Waals surface area contributed by atoms with E-state index in [1.807, 2.05) is 26.0 Å². The molecule has 3 nitrogen and oxygen atoms in total. The molecule has 21 heavy (non-hydrogen) atoms. The van der Waals surface area contributed by atoms with Gasteiger partial charge in [-0.2, -0.15) is 0 Å². The van der Waals surface area contributed by atoms with Crippen LogP contribution in [0.2, 0.25) is 0 Å². The Morgan fingerprint density at radius 3 is 2.19 bits per heavy atom. The Morgan fingerprint density at radius 2 is 1.76 bits per heavy atom. The molecule has 0 aliphatic heterocycles. The van der Waals surface area contributed by atoms with Crippen molar-refractivity contribution < 1.29 is 14.6 Å². The summed E-state index contributed by atoms with van der Waals surface area (Å²) in [5.74, 6) is 0.687. The fraction of sp³-hybridized carbons (Fsp3) is 0.611. The molecule has 0 atom stereocenters. The van der Waals surface area contributed by atoms with Crippen LogP contribution in [-0.2, 0) is 4.79 Å². The molecule has 0 aromatic heterocycles. The van der Waals surface area contributed by atoms with Gasteiger partial charge in [-0.25, -0.2) is 0 Å². The highest BCUT2D eigenvalue weighted by molar-refractivity contribution is 5.74. The summed E-state index contributed by atoms with van der Waals surface area (Å²) in [5, 5.41) is 9.38. The largest absolute Gasteiger partial charge is 0.494 e. The van der Waals surface area contributed by atoms with Gasteiger partial charge in [-0.3, -0.25) is 4.79 Å². The summed E-state index contributed by atoms with van der Waals surface area (Å²) in [7, 11) is 0. The lowest BCUT2D eigenvalue weighted by Crippen LogP contribution is -2.30. The maximum Gasteiger partial charge on any atom is 0.309 e. The van der Waals surface area contributed by atoms with Gasteiger partial charge in [0.25, 0.3) is 0 Å². The van der Waals surface area contributed by atoms with Crippen LogP contribution in [0, 0.1) is 5.41 Å². The van der Waals surface area contributed by atoms with E-state index in [1.165, 1.54) is 5.56 Å². The first-order valence-corrected chi connectivity index (χ1v) is 7.91. The van der Waals surface area contributed by atoms with Crippen LogP contribution in [0.15, 0.2) is 24.3 Å². The summed E-state index contributed by atoms with van der Waals surface area (Å²) in [5.41, 5.74) is 0.703. The Bertz CT molecular complexity index is 430. The zero-order valence-electron chi connectivity index (χ0n) is 13.7. The Morgan fingerprint density at radius 1 is 1.19 bits per heavy atom. The molecular formula is C18H28O3. The summed E-state index contributed by atoms with van der Waals surface area (Å²) >= 11 is 0. The van der Waals surface area contributed by atoms with Crippen molar-refractivity contribution >= 4 is 5.97 Å². The Kier molecular flexibility index (Phi) is 6.73. The standard InChI is InChI=1S/C18H28O3/c1-5-18(6-2,17(19)20)12-7-13-21-16-10-8-15(9-11-16)14(3)4/h8-11,14H,5-7,12-13H2,1-4H3,(H,19,20). The number of ether oxygens (including phenoxy) is 1. The molecule has 0 heterocycles. The first-order chi connectivity index (χ1) is 9.95. The highest BCUT2D eigenvalue weighted by Gasteiger charge is 2.33. The predicted octanol–water partition coefficient (Wildman–Crippen LogP) is 4.86. The van der Waals surface area contributed by atoms with Gasteiger partial charge in [0.05, 0.1) is 12.0 Å². The molecule has 0 radical (unpaired) electrons. The summed E-state index contributed by atoms with van der Waals surface area (Å²) in [6, 6.07) is 8.14. The van der Waals surface area contributed by atoms with Gasteiger partial charge in [0, 0.05) is 0 Å². The monoisotopic (exact) mass is 292 g/mol. The van der Waals surface area contributed by atoms with Crippen LogP contribution in [-0.4, -0.2) is 17.7 Å². The minimum atomic E-state index is -0.686. The molecular weight excluding hydrogens is 264 g/mol. The molecule has 0 fully saturated rings. The SMILES string of the molecule is CCC(CC)(CCCOc1ccc(C(C)C)cc1)C(=O)O. The van der Waals surface area contributed by atoms with Crippen LogP contribution in [0.4, 0.5) is 0 Å². The van der Waals surface area contributed by atoms with Gasteiger partial charge in [0.15, 0.2) is 0 Å². The van der Waals surface area contributed by atoms with E-state index >= 15 is 0 Å². The normalized spacial score (nSPS) is 11.7. The minimum absolute atomic E-state index is 0.518. The van der Waals surface area contributed by atoms with E-state index in [1.54, 1.807) is 0 Å². The van der Waals surface area contributed by atoms with Crippen molar-refractivity contribution in [1.29, 1.82) is 0 Å². The second-order valence-electron chi connectivity index (χ2n) is 5.97. The summed E-state index contributed by atoms with van der Waals surface area (Å²) in [6.45, 7) is 8.79. The number of hydrogen-bond acceptors (Lipinski definition) is 2. The number of carboxylic acid groups (broad SMARTS) is 1. The third kappa shape index (κ3) is 4.76. The van der Waals surface area contributed by atoms with Crippen molar-refractivity contribution in [3.05, 3.63) is 29.8 Å². The molecule has 1 aromatic carbocycles. The molecule has 0 saturated heterocycles. The van der Waals surface area contributed by atoms with Crippen LogP contribution >= 0.6 is 0 Å². The van der Waals surface area contributed by atoms with Crippen LogP contribution in [0.3, 0.4) is 0 Å². The lowest BCUT2D eigenvalue weighted by Gasteiger charge is -2.26. The Hall–Kier alpha value is -1.51. The maximum absolute atomic E-state index is 11.4. The van der Waals surface area contributed by atoms with Gasteiger partial charge in [-0.05, 0) is 49.3 Å². The zero-order valence-corrected chi connectivity index (χ0v) is 13.7. The fourth-order valence-electron chi connectivity index (χ4n) is 2.56. The molecule has 1 rings (SSSR count). The highest BCUT2D eigenvalue weighted by Crippen LogP contribution is 2.32. The molecule has 0 bridgehead atoms. The van der Waals surface area contributed by atoms with Gasteiger partial charge in [0.2, 0.25) is 0 Å². The smallest absolute Gasteiger partial charge is 0.309 e. The van der Waals surface area contributed by atoms with Crippen molar-refractivity contribution in [2.24, 2.45) is 5.41 Å². The second kappa shape index (κ2) is 8.06. The number of benzene rings is 1. The molecule has 0 unspecified atom stereocenters. The molecule has 0 amide bonds. The quantitative estimate of drug-likeness (QED) is 0.661. The van der Waals surface area contributed by atoms with Crippen molar-refractivity contribution in [2.45, 2.75) is 59.3 Å². The zero-order chi connectivity index (χ0) is 15.9. The average Bonchev–Trinajstić information content (AvgIpc) is 2.48. The summed E-state index contributed by atoms with van der Waals surface area (Å²) < 4.78 is 5.71. The van der Waals surface area contributed by atoms with Crippen LogP contribution in [0.5, 0.6) is 5.75 Å². The molecule has 1 N–H and O–H groups in total. The summed E-state index contributed by atoms with van der Waals surface area (Å²) in [4.78, 5) is 11.4. The molecule has 0 saturated carbocycles. The lowest BCUT2D eigenvalue weighted by molar-refractivity contribution is -0.150. The Balaban J connectivity index is 2.44. The maximum atomic E-state index is 11.4. The van der Waals surface area contributed by atoms with Gasteiger partial charge in [-0.1, -0.05) is 39.8 Å². The highest BCUT2D eigenvalue weighted by atomic mass is 16.5. The van der Waals surface area contributed by atoms with E-state index in [9.17, 15) is 9.90 Å². The van der Waals surface area contributed by atoms with E-state index in [0.29, 0.717) is 31.8 Å². The molecule has 0 spiro atoms. The molecule has 0 aliphatic rings. The first kappa shape index (κ1) is 17.5. The van der Waals surface area contributed by atoms with Gasteiger partial charge < -0.3 is 9.84 Å². The summed E-state index contributed by atoms with van der Waals surface area (Å²) in [6.07, 6.45) is 2.77. The second-order valence-corrected chi connectivity index (χ2v) is 5.97. The van der Waals surface area contributed by atoms with Crippen molar-refractivity contribution in [3.63, 3.8) is 0 Å². The lowest BCUT2D eigenvalue weighted by atomic mass is 9.78. The van der Waals surface area contributed by atoms with E-state index in [0.717, 1.165) is 12.2 Å². The van der Waals surface area contributed by atoms with Crippen LogP contribution in [0.1, 0.15) is 64.9 Å². The number of carbonyl (C=O) groups is 1. The van der Waals surface area contributed by atoms with Gasteiger partial charge in [0.1, 0.15) is 5.75 Å². The third-order valence-corrected chi connectivity index (χ3v) is 4.42. The topological polar surface area (TPSA) is 46.5 Å². The Labute approximate surface area is 128 Å². The van der Waals surface area contributed by atoms with Crippen molar-refractivity contribution in [2.75, 3.05) is 6.61 Å². The molecule has 0 aliphatic carbocycles. The fourth-order valence-corrected chi connectivity index (χ4v) is 2.56. The van der Waals surface area contributed by atoms with E-state index in [2.05, 4.69) is 26.0 Å². The molecule has 1 aromatic rings. The van der Waals surface area contributed by atoms with Crippen molar-refractivity contribution in [1.82, 2.24) is 0 Å². The van der Waals surface area contributed by atoms with E-state index < -0.39 is 11.4 Å². The number of rotatable bonds is 9. The first-order valence-electron chi connectivity index (χ1n) is 7.91.